The Bertz CT molecular complexity index is 1010. The van der Waals surface area contributed by atoms with Gasteiger partial charge in [-0.3, -0.25) is 9.78 Å². The van der Waals surface area contributed by atoms with Crippen molar-refractivity contribution in [3.63, 3.8) is 0 Å². The fraction of sp³-hybridized carbons (Fsp3) is 0.368. The molecular weight excluding hydrogens is 333 g/mol. The zero-order valence-corrected chi connectivity index (χ0v) is 14.2. The summed E-state index contributed by atoms with van der Waals surface area (Å²) >= 11 is 0. The lowest BCUT2D eigenvalue weighted by Gasteiger charge is -2.10. The summed E-state index contributed by atoms with van der Waals surface area (Å²) in [4.78, 5) is 16.8. The number of carbonyl (C=O) groups is 1. The van der Waals surface area contributed by atoms with E-state index in [0.29, 0.717) is 35.0 Å². The van der Waals surface area contributed by atoms with E-state index in [1.54, 1.807) is 18.3 Å². The molecule has 0 bridgehead atoms. The minimum atomic E-state index is -0.382. The van der Waals surface area contributed by atoms with Crippen molar-refractivity contribution < 1.29 is 9.18 Å². The van der Waals surface area contributed by atoms with Crippen LogP contribution in [0.3, 0.4) is 0 Å². The zero-order chi connectivity index (χ0) is 17.7. The minimum absolute atomic E-state index is 0.285. The van der Waals surface area contributed by atoms with Crippen molar-refractivity contribution in [1.29, 1.82) is 0 Å². The number of halogens is 1. The Kier molecular flexibility index (Phi) is 3.48. The number of hydrogen-bond acceptors (Lipinski definition) is 4. The third-order valence-corrected chi connectivity index (χ3v) is 5.02. The second-order valence-corrected chi connectivity index (χ2v) is 7.03. The smallest absolute Gasteiger partial charge is 0.253 e. The molecule has 0 unspecified atom stereocenters. The molecule has 7 heteroatoms. The Labute approximate surface area is 149 Å². The molecule has 1 aromatic carbocycles. The van der Waals surface area contributed by atoms with Gasteiger partial charge in [0.1, 0.15) is 11.6 Å². The van der Waals surface area contributed by atoms with E-state index in [0.717, 1.165) is 24.5 Å². The van der Waals surface area contributed by atoms with Gasteiger partial charge in [-0.2, -0.15) is 0 Å². The zero-order valence-electron chi connectivity index (χ0n) is 14.2. The Morgan fingerprint density at radius 2 is 2.04 bits per heavy atom. The maximum Gasteiger partial charge on any atom is 0.253 e. The quantitative estimate of drug-likeness (QED) is 0.767. The molecule has 0 radical (unpaired) electrons. The van der Waals surface area contributed by atoms with Crippen LogP contribution >= 0.6 is 0 Å². The van der Waals surface area contributed by atoms with Gasteiger partial charge >= 0.3 is 0 Å². The summed E-state index contributed by atoms with van der Waals surface area (Å²) in [6, 6.07) is 6.53. The van der Waals surface area contributed by atoms with Crippen LogP contribution in [0.25, 0.3) is 10.9 Å². The summed E-state index contributed by atoms with van der Waals surface area (Å²) in [5, 5.41) is 11.9. The van der Waals surface area contributed by atoms with Crippen molar-refractivity contribution in [3.8, 4) is 0 Å². The van der Waals surface area contributed by atoms with Crippen LogP contribution in [0.1, 0.15) is 59.6 Å². The van der Waals surface area contributed by atoms with Gasteiger partial charge in [0.15, 0.2) is 5.82 Å². The highest BCUT2D eigenvalue weighted by Gasteiger charge is 2.36. The van der Waals surface area contributed by atoms with Crippen LogP contribution in [0.15, 0.2) is 30.5 Å². The monoisotopic (exact) mass is 351 g/mol. The number of nitrogens with zero attached hydrogens (tertiary/aromatic N) is 4. The maximum absolute atomic E-state index is 13.9. The second kappa shape index (κ2) is 5.86. The second-order valence-electron chi connectivity index (χ2n) is 7.03. The molecule has 2 aliphatic carbocycles. The molecule has 2 saturated carbocycles. The molecule has 5 rings (SSSR count). The van der Waals surface area contributed by atoms with Crippen molar-refractivity contribution >= 4 is 16.8 Å². The molecule has 0 spiro atoms. The van der Waals surface area contributed by atoms with Crippen LogP contribution in [0.2, 0.25) is 0 Å². The number of nitrogens with one attached hydrogen (secondary N) is 1. The number of aromatic nitrogens is 4. The van der Waals surface area contributed by atoms with Gasteiger partial charge < -0.3 is 9.88 Å². The lowest BCUT2D eigenvalue weighted by molar-refractivity contribution is 0.0951. The molecule has 3 aromatic rings. The van der Waals surface area contributed by atoms with E-state index in [1.807, 2.05) is 0 Å². The fourth-order valence-electron chi connectivity index (χ4n) is 3.38. The van der Waals surface area contributed by atoms with Gasteiger partial charge in [0, 0.05) is 23.5 Å². The predicted molar refractivity (Wildman–Crippen MR) is 93.1 cm³/mol. The van der Waals surface area contributed by atoms with Gasteiger partial charge in [-0.25, -0.2) is 4.39 Å². The molecule has 1 N–H and O–H groups in total. The molecular formula is C19H18FN5O. The van der Waals surface area contributed by atoms with Crippen LogP contribution in [-0.2, 0) is 6.54 Å². The molecule has 2 fully saturated rings. The molecule has 1 amide bonds. The van der Waals surface area contributed by atoms with Crippen molar-refractivity contribution in [1.82, 2.24) is 25.1 Å². The number of rotatable bonds is 5. The molecule has 2 heterocycles. The highest BCUT2D eigenvalue weighted by Crippen LogP contribution is 2.44. The lowest BCUT2D eigenvalue weighted by Crippen LogP contribution is -2.25. The Hall–Kier alpha value is -2.83. The van der Waals surface area contributed by atoms with Crippen molar-refractivity contribution in [2.45, 2.75) is 44.2 Å². The standard InChI is InChI=1S/C19H18FN5O/c20-15-8-7-14(17-13(15)2-1-9-21-17)19(26)22-10-16-23-24-18(11-3-4-11)25(16)12-5-6-12/h1-2,7-9,11-12H,3-6,10H2,(H,22,26). The van der Waals surface area contributed by atoms with Crippen LogP contribution < -0.4 is 5.32 Å². The van der Waals surface area contributed by atoms with Gasteiger partial charge in [-0.15, -0.1) is 10.2 Å². The molecule has 2 aromatic heterocycles. The first kappa shape index (κ1) is 15.4. The van der Waals surface area contributed by atoms with E-state index >= 15 is 0 Å². The molecule has 132 valence electrons. The van der Waals surface area contributed by atoms with Crippen LogP contribution in [-0.4, -0.2) is 25.7 Å². The summed E-state index contributed by atoms with van der Waals surface area (Å²) in [6.07, 6.45) is 6.19. The van der Waals surface area contributed by atoms with Crippen molar-refractivity contribution in [2.75, 3.05) is 0 Å². The molecule has 0 atom stereocenters. The van der Waals surface area contributed by atoms with Crippen molar-refractivity contribution in [3.05, 3.63) is 53.5 Å². The topological polar surface area (TPSA) is 72.7 Å². The van der Waals surface area contributed by atoms with E-state index in [1.165, 1.54) is 25.0 Å². The van der Waals surface area contributed by atoms with E-state index in [9.17, 15) is 9.18 Å². The SMILES string of the molecule is O=C(NCc1nnc(C2CC2)n1C1CC1)c1ccc(F)c2cccnc12. The van der Waals surface area contributed by atoms with Gasteiger partial charge in [0.05, 0.1) is 17.6 Å². The molecule has 2 aliphatic rings. The molecule has 6 nitrogen and oxygen atoms in total. The number of hydrogen-bond donors (Lipinski definition) is 1. The number of benzene rings is 1. The summed E-state index contributed by atoms with van der Waals surface area (Å²) in [6.45, 7) is 0.306. The van der Waals surface area contributed by atoms with Gasteiger partial charge in [-0.05, 0) is 49.9 Å². The first-order chi connectivity index (χ1) is 12.7. The number of carbonyl (C=O) groups excluding carboxylic acids is 1. The minimum Gasteiger partial charge on any atom is -0.345 e. The normalized spacial score (nSPS) is 16.8. The molecule has 0 aliphatic heterocycles. The average molecular weight is 351 g/mol. The number of pyridine rings is 1. The van der Waals surface area contributed by atoms with Gasteiger partial charge in [0.2, 0.25) is 0 Å². The van der Waals surface area contributed by atoms with Gasteiger partial charge in [-0.1, -0.05) is 0 Å². The third kappa shape index (κ3) is 2.64. The highest BCUT2D eigenvalue weighted by molar-refractivity contribution is 6.05. The fourth-order valence-corrected chi connectivity index (χ4v) is 3.38. The summed E-state index contributed by atoms with van der Waals surface area (Å²) in [5.74, 6) is 1.71. The predicted octanol–water partition coefficient (Wildman–Crippen LogP) is 3.11. The van der Waals surface area contributed by atoms with E-state index in [4.69, 9.17) is 0 Å². The van der Waals surface area contributed by atoms with Crippen LogP contribution in [0.4, 0.5) is 4.39 Å². The summed E-state index contributed by atoms with van der Waals surface area (Å²) < 4.78 is 16.1. The Morgan fingerprint density at radius 3 is 2.81 bits per heavy atom. The average Bonchev–Trinajstić information content (AvgIpc) is 3.59. The molecule has 26 heavy (non-hydrogen) atoms. The Balaban J connectivity index is 1.40. The maximum atomic E-state index is 13.9. The van der Waals surface area contributed by atoms with Crippen LogP contribution in [0, 0.1) is 5.82 Å². The first-order valence-corrected chi connectivity index (χ1v) is 8.97. The number of amides is 1. The Morgan fingerprint density at radius 1 is 1.19 bits per heavy atom. The van der Waals surface area contributed by atoms with E-state index in [2.05, 4.69) is 25.1 Å². The van der Waals surface area contributed by atoms with Crippen LogP contribution in [0.5, 0.6) is 0 Å². The van der Waals surface area contributed by atoms with E-state index in [-0.39, 0.29) is 11.7 Å². The lowest BCUT2D eigenvalue weighted by atomic mass is 10.1. The van der Waals surface area contributed by atoms with Gasteiger partial charge in [0.25, 0.3) is 5.91 Å². The summed E-state index contributed by atoms with van der Waals surface area (Å²) in [7, 11) is 0. The highest BCUT2D eigenvalue weighted by atomic mass is 19.1. The largest absolute Gasteiger partial charge is 0.345 e. The first-order valence-electron chi connectivity index (χ1n) is 8.97. The summed E-state index contributed by atoms with van der Waals surface area (Å²) in [5.41, 5.74) is 0.731. The third-order valence-electron chi connectivity index (χ3n) is 5.02. The number of fused-ring (bicyclic) bond motifs is 1. The molecule has 0 saturated heterocycles. The van der Waals surface area contributed by atoms with E-state index < -0.39 is 0 Å². The van der Waals surface area contributed by atoms with Crippen molar-refractivity contribution in [2.24, 2.45) is 0 Å².